The van der Waals surface area contributed by atoms with E-state index in [1.807, 2.05) is 52.0 Å². The summed E-state index contributed by atoms with van der Waals surface area (Å²) in [6.07, 6.45) is -0.173. The van der Waals surface area contributed by atoms with Gasteiger partial charge in [-0.2, -0.15) is 0 Å². The van der Waals surface area contributed by atoms with E-state index in [1.165, 1.54) is 12.1 Å². The summed E-state index contributed by atoms with van der Waals surface area (Å²) in [6.45, 7) is 7.72. The minimum atomic E-state index is -3.73. The minimum absolute atomic E-state index is 0.107. The van der Waals surface area contributed by atoms with E-state index >= 15 is 0 Å². The third-order valence-electron chi connectivity index (χ3n) is 5.19. The summed E-state index contributed by atoms with van der Waals surface area (Å²) in [6, 6.07) is 18.9. The van der Waals surface area contributed by atoms with Crippen molar-refractivity contribution in [2.45, 2.75) is 45.1 Å². The number of carbonyl (C=O) groups is 1. The van der Waals surface area contributed by atoms with E-state index in [0.29, 0.717) is 23.5 Å². The predicted octanol–water partition coefficient (Wildman–Crippen LogP) is 5.21. The Bertz CT molecular complexity index is 1200. The second-order valence-corrected chi connectivity index (χ2v) is 9.38. The van der Waals surface area contributed by atoms with E-state index in [0.717, 1.165) is 16.7 Å². The zero-order valence-electron chi connectivity index (χ0n) is 18.7. The smallest absolute Gasteiger partial charge is 0.265 e. The maximum absolute atomic E-state index is 12.7. The molecule has 2 N–H and O–H groups in total. The van der Waals surface area contributed by atoms with Gasteiger partial charge < -0.3 is 10.1 Å². The monoisotopic (exact) mass is 452 g/mol. The molecule has 0 saturated heterocycles. The number of carbonyl (C=O) groups excluding carboxylic acids is 1. The molecular weight excluding hydrogens is 424 g/mol. The average Bonchev–Trinajstić information content (AvgIpc) is 2.75. The molecule has 0 saturated carbocycles. The standard InChI is InChI=1S/C25H28N2O4S/c1-5-23(31-24-11-7-9-18(3)19(24)4)25(28)26-20-12-14-22(15-13-20)32(29,30)27-21-10-6-8-17(2)16-21/h6-16,23,27H,5H2,1-4H3,(H,26,28). The van der Waals surface area contributed by atoms with Gasteiger partial charge in [-0.3, -0.25) is 9.52 Å². The number of hydrogen-bond acceptors (Lipinski definition) is 4. The largest absolute Gasteiger partial charge is 0.480 e. The van der Waals surface area contributed by atoms with Gasteiger partial charge in [0.2, 0.25) is 0 Å². The molecule has 0 fully saturated rings. The number of benzene rings is 3. The van der Waals surface area contributed by atoms with Crippen molar-refractivity contribution in [1.29, 1.82) is 0 Å². The summed E-state index contributed by atoms with van der Waals surface area (Å²) in [5, 5.41) is 2.80. The van der Waals surface area contributed by atoms with Crippen molar-refractivity contribution in [2.24, 2.45) is 0 Å². The lowest BCUT2D eigenvalue weighted by Crippen LogP contribution is -2.32. The lowest BCUT2D eigenvalue weighted by Gasteiger charge is -2.19. The number of nitrogens with one attached hydrogen (secondary N) is 2. The fourth-order valence-corrected chi connectivity index (χ4v) is 4.24. The first-order valence-corrected chi connectivity index (χ1v) is 11.9. The summed E-state index contributed by atoms with van der Waals surface area (Å²) in [5.74, 6) is 0.387. The highest BCUT2D eigenvalue weighted by atomic mass is 32.2. The molecule has 0 bridgehead atoms. The van der Waals surface area contributed by atoms with Crippen LogP contribution in [0, 0.1) is 20.8 Å². The second-order valence-electron chi connectivity index (χ2n) is 7.70. The molecule has 1 atom stereocenters. The van der Waals surface area contributed by atoms with Crippen LogP contribution in [0.15, 0.2) is 71.6 Å². The highest BCUT2D eigenvalue weighted by molar-refractivity contribution is 7.92. The van der Waals surface area contributed by atoms with Crippen LogP contribution in [0.5, 0.6) is 5.75 Å². The van der Waals surface area contributed by atoms with Gasteiger partial charge in [-0.1, -0.05) is 31.2 Å². The fraction of sp³-hybridized carbons (Fsp3) is 0.240. The quantitative estimate of drug-likeness (QED) is 0.491. The molecule has 0 aliphatic rings. The van der Waals surface area contributed by atoms with Crippen LogP contribution in [0.4, 0.5) is 11.4 Å². The van der Waals surface area contributed by atoms with Crippen LogP contribution in [-0.4, -0.2) is 20.4 Å². The van der Waals surface area contributed by atoms with Crippen molar-refractivity contribution < 1.29 is 17.9 Å². The lowest BCUT2D eigenvalue weighted by molar-refractivity contribution is -0.122. The summed E-state index contributed by atoms with van der Waals surface area (Å²) < 4.78 is 33.8. The van der Waals surface area contributed by atoms with E-state index in [2.05, 4.69) is 10.0 Å². The SMILES string of the molecule is CCC(Oc1cccc(C)c1C)C(=O)Nc1ccc(S(=O)(=O)Nc2cccc(C)c2)cc1. The van der Waals surface area contributed by atoms with E-state index in [1.54, 1.807) is 30.3 Å². The third kappa shape index (κ3) is 5.68. The summed E-state index contributed by atoms with van der Waals surface area (Å²) in [7, 11) is -3.73. The molecule has 0 heterocycles. The Labute approximate surface area is 189 Å². The Balaban J connectivity index is 1.68. The Morgan fingerprint density at radius 1 is 0.938 bits per heavy atom. The number of aryl methyl sites for hydroxylation is 2. The molecule has 0 aromatic heterocycles. The van der Waals surface area contributed by atoms with Gasteiger partial charge in [0.05, 0.1) is 4.90 Å². The molecule has 1 unspecified atom stereocenters. The molecule has 7 heteroatoms. The Morgan fingerprint density at radius 3 is 2.28 bits per heavy atom. The molecule has 6 nitrogen and oxygen atoms in total. The highest BCUT2D eigenvalue weighted by Gasteiger charge is 2.20. The van der Waals surface area contributed by atoms with Crippen molar-refractivity contribution in [3.63, 3.8) is 0 Å². The molecule has 3 rings (SSSR count). The number of rotatable bonds is 8. The molecular formula is C25H28N2O4S. The van der Waals surface area contributed by atoms with Gasteiger partial charge in [-0.25, -0.2) is 8.42 Å². The highest BCUT2D eigenvalue weighted by Crippen LogP contribution is 2.23. The van der Waals surface area contributed by atoms with Gasteiger partial charge in [0, 0.05) is 11.4 Å². The van der Waals surface area contributed by atoms with Crippen LogP contribution in [-0.2, 0) is 14.8 Å². The molecule has 0 aliphatic heterocycles. The van der Waals surface area contributed by atoms with Crippen LogP contribution in [0.3, 0.4) is 0 Å². The van der Waals surface area contributed by atoms with Gasteiger partial charge in [-0.15, -0.1) is 0 Å². The number of sulfonamides is 1. The number of amides is 1. The Hall–Kier alpha value is -3.32. The van der Waals surface area contributed by atoms with Crippen molar-refractivity contribution >= 4 is 27.3 Å². The molecule has 32 heavy (non-hydrogen) atoms. The maximum Gasteiger partial charge on any atom is 0.265 e. The van der Waals surface area contributed by atoms with E-state index in [9.17, 15) is 13.2 Å². The first-order chi connectivity index (χ1) is 15.2. The molecule has 168 valence electrons. The summed E-state index contributed by atoms with van der Waals surface area (Å²) >= 11 is 0. The Morgan fingerprint density at radius 2 is 1.62 bits per heavy atom. The molecule has 3 aromatic carbocycles. The summed E-state index contributed by atoms with van der Waals surface area (Å²) in [5.41, 5.74) is 4.03. The minimum Gasteiger partial charge on any atom is -0.480 e. The fourth-order valence-electron chi connectivity index (χ4n) is 3.19. The van der Waals surface area contributed by atoms with Crippen LogP contribution in [0.1, 0.15) is 30.0 Å². The molecule has 0 spiro atoms. The van der Waals surface area contributed by atoms with Crippen molar-refractivity contribution in [2.75, 3.05) is 10.0 Å². The predicted molar refractivity (Wildman–Crippen MR) is 128 cm³/mol. The first-order valence-electron chi connectivity index (χ1n) is 10.4. The lowest BCUT2D eigenvalue weighted by atomic mass is 10.1. The molecule has 1 amide bonds. The summed E-state index contributed by atoms with van der Waals surface area (Å²) in [4.78, 5) is 12.8. The van der Waals surface area contributed by atoms with E-state index in [-0.39, 0.29) is 10.8 Å². The zero-order valence-corrected chi connectivity index (χ0v) is 19.5. The van der Waals surface area contributed by atoms with Gasteiger partial charge in [-0.05, 0) is 86.3 Å². The topological polar surface area (TPSA) is 84.5 Å². The second kappa shape index (κ2) is 9.87. The van der Waals surface area contributed by atoms with Crippen LogP contribution < -0.4 is 14.8 Å². The van der Waals surface area contributed by atoms with E-state index < -0.39 is 16.1 Å². The Kier molecular flexibility index (Phi) is 7.20. The van der Waals surface area contributed by atoms with Crippen LogP contribution in [0.2, 0.25) is 0 Å². The van der Waals surface area contributed by atoms with Crippen LogP contribution in [0.25, 0.3) is 0 Å². The van der Waals surface area contributed by atoms with Gasteiger partial charge >= 0.3 is 0 Å². The van der Waals surface area contributed by atoms with E-state index in [4.69, 9.17) is 4.74 Å². The molecule has 0 aliphatic carbocycles. The third-order valence-corrected chi connectivity index (χ3v) is 6.59. The maximum atomic E-state index is 12.7. The number of ether oxygens (including phenoxy) is 1. The van der Waals surface area contributed by atoms with Crippen LogP contribution >= 0.6 is 0 Å². The van der Waals surface area contributed by atoms with Gasteiger partial charge in [0.1, 0.15) is 5.75 Å². The molecule has 0 radical (unpaired) electrons. The molecule has 3 aromatic rings. The van der Waals surface area contributed by atoms with Crippen molar-refractivity contribution in [1.82, 2.24) is 0 Å². The number of hydrogen-bond donors (Lipinski definition) is 2. The first kappa shape index (κ1) is 23.3. The zero-order chi connectivity index (χ0) is 23.3. The number of anilines is 2. The van der Waals surface area contributed by atoms with Gasteiger partial charge in [0.15, 0.2) is 6.10 Å². The average molecular weight is 453 g/mol. The van der Waals surface area contributed by atoms with Crippen molar-refractivity contribution in [3.05, 3.63) is 83.4 Å². The van der Waals surface area contributed by atoms with Gasteiger partial charge in [0.25, 0.3) is 15.9 Å². The van der Waals surface area contributed by atoms with Crippen molar-refractivity contribution in [3.8, 4) is 5.75 Å². The normalized spacial score (nSPS) is 12.1.